The van der Waals surface area contributed by atoms with Gasteiger partial charge in [0.05, 0.1) is 17.6 Å². The molecule has 2 heterocycles. The van der Waals surface area contributed by atoms with Crippen molar-refractivity contribution in [3.8, 4) is 22.4 Å². The molecule has 0 bridgehead atoms. The highest BCUT2D eigenvalue weighted by Crippen LogP contribution is 2.33. The summed E-state index contributed by atoms with van der Waals surface area (Å²) >= 11 is 0. The fourth-order valence-electron chi connectivity index (χ4n) is 2.98. The van der Waals surface area contributed by atoms with E-state index in [1.54, 1.807) is 12.4 Å². The monoisotopic (exact) mass is 337 g/mol. The molecule has 0 aliphatic carbocycles. The van der Waals surface area contributed by atoms with E-state index in [9.17, 15) is 0 Å². The van der Waals surface area contributed by atoms with Gasteiger partial charge in [0.15, 0.2) is 0 Å². The van der Waals surface area contributed by atoms with Gasteiger partial charge in [-0.25, -0.2) is 4.98 Å². The van der Waals surface area contributed by atoms with Crippen LogP contribution in [0.25, 0.3) is 22.4 Å². The number of benzene rings is 2. The van der Waals surface area contributed by atoms with Crippen molar-refractivity contribution < 1.29 is 0 Å². The molecule has 2 aromatic carbocycles. The van der Waals surface area contributed by atoms with Crippen molar-refractivity contribution in [1.82, 2.24) is 9.97 Å². The highest BCUT2D eigenvalue weighted by Gasteiger charge is 2.12. The zero-order valence-corrected chi connectivity index (χ0v) is 14.6. The minimum atomic E-state index is 0.846. The van der Waals surface area contributed by atoms with Crippen LogP contribution in [0.5, 0.6) is 0 Å². The Morgan fingerprint density at radius 2 is 1.46 bits per heavy atom. The Hall–Kier alpha value is -3.46. The van der Waals surface area contributed by atoms with Gasteiger partial charge in [-0.2, -0.15) is 0 Å². The molecule has 4 rings (SSSR count). The van der Waals surface area contributed by atoms with E-state index in [0.717, 1.165) is 28.3 Å². The lowest BCUT2D eigenvalue weighted by Crippen LogP contribution is -2.00. The fourth-order valence-corrected chi connectivity index (χ4v) is 2.98. The molecule has 3 nitrogen and oxygen atoms in total. The Balaban J connectivity index is 1.87. The quantitative estimate of drug-likeness (QED) is 0.506. The molecule has 126 valence electrons. The summed E-state index contributed by atoms with van der Waals surface area (Å²) in [5.41, 5.74) is 6.43. The van der Waals surface area contributed by atoms with Gasteiger partial charge < -0.3 is 5.32 Å². The third kappa shape index (κ3) is 3.33. The van der Waals surface area contributed by atoms with Crippen LogP contribution in [0.2, 0.25) is 0 Å². The van der Waals surface area contributed by atoms with Crippen LogP contribution in [0.3, 0.4) is 0 Å². The molecule has 0 aliphatic heterocycles. The van der Waals surface area contributed by atoms with Crippen molar-refractivity contribution in [3.63, 3.8) is 0 Å². The average Bonchev–Trinajstić information content (AvgIpc) is 2.71. The molecule has 0 saturated heterocycles. The van der Waals surface area contributed by atoms with Crippen molar-refractivity contribution in [2.45, 2.75) is 6.92 Å². The molecule has 0 radical (unpaired) electrons. The second-order valence-electron chi connectivity index (χ2n) is 6.13. The Bertz CT molecular complexity index is 998. The van der Waals surface area contributed by atoms with Crippen LogP contribution in [0, 0.1) is 6.92 Å². The number of anilines is 2. The molecule has 0 atom stereocenters. The van der Waals surface area contributed by atoms with Gasteiger partial charge in [-0.1, -0.05) is 60.7 Å². The summed E-state index contributed by atoms with van der Waals surface area (Å²) in [5.74, 6) is 0.846. The van der Waals surface area contributed by atoms with Crippen LogP contribution in [-0.4, -0.2) is 9.97 Å². The zero-order chi connectivity index (χ0) is 17.8. The highest BCUT2D eigenvalue weighted by atomic mass is 15.0. The van der Waals surface area contributed by atoms with Crippen molar-refractivity contribution in [2.24, 2.45) is 0 Å². The summed E-state index contributed by atoms with van der Waals surface area (Å²) in [6.45, 7) is 2.10. The molecule has 0 saturated carbocycles. The van der Waals surface area contributed by atoms with E-state index in [2.05, 4.69) is 59.7 Å². The maximum Gasteiger partial charge on any atom is 0.134 e. The van der Waals surface area contributed by atoms with Crippen LogP contribution in [-0.2, 0) is 0 Å². The second kappa shape index (κ2) is 7.19. The minimum Gasteiger partial charge on any atom is -0.339 e. The molecule has 0 spiro atoms. The first-order valence-electron chi connectivity index (χ1n) is 8.61. The molecule has 0 amide bonds. The third-order valence-corrected chi connectivity index (χ3v) is 4.35. The van der Waals surface area contributed by atoms with Crippen LogP contribution in [0.15, 0.2) is 91.3 Å². The fraction of sp³-hybridized carbons (Fsp3) is 0.0435. The van der Waals surface area contributed by atoms with E-state index in [0.29, 0.717) is 0 Å². The molecular formula is C23H19N3. The van der Waals surface area contributed by atoms with E-state index in [4.69, 9.17) is 4.98 Å². The maximum atomic E-state index is 4.89. The summed E-state index contributed by atoms with van der Waals surface area (Å²) < 4.78 is 0. The second-order valence-corrected chi connectivity index (χ2v) is 6.13. The van der Waals surface area contributed by atoms with Crippen molar-refractivity contribution >= 4 is 11.5 Å². The van der Waals surface area contributed by atoms with E-state index in [1.165, 1.54) is 11.1 Å². The van der Waals surface area contributed by atoms with Crippen LogP contribution in [0.4, 0.5) is 11.5 Å². The van der Waals surface area contributed by atoms with Crippen molar-refractivity contribution in [2.75, 3.05) is 5.32 Å². The first-order valence-corrected chi connectivity index (χ1v) is 8.61. The van der Waals surface area contributed by atoms with E-state index in [1.807, 2.05) is 36.4 Å². The Morgan fingerprint density at radius 1 is 0.769 bits per heavy atom. The molecule has 26 heavy (non-hydrogen) atoms. The topological polar surface area (TPSA) is 37.8 Å². The van der Waals surface area contributed by atoms with Crippen LogP contribution < -0.4 is 5.32 Å². The van der Waals surface area contributed by atoms with Gasteiger partial charge in [0.2, 0.25) is 0 Å². The molecule has 0 unspecified atom stereocenters. The molecule has 0 aliphatic rings. The molecule has 4 aromatic rings. The molecular weight excluding hydrogens is 318 g/mol. The van der Waals surface area contributed by atoms with Gasteiger partial charge in [-0.3, -0.25) is 4.98 Å². The molecule has 1 N–H and O–H groups in total. The van der Waals surface area contributed by atoms with Gasteiger partial charge in [-0.05, 0) is 41.8 Å². The number of nitrogens with one attached hydrogen (secondary N) is 1. The van der Waals surface area contributed by atoms with Gasteiger partial charge in [0.1, 0.15) is 5.82 Å². The number of rotatable bonds is 4. The van der Waals surface area contributed by atoms with Gasteiger partial charge >= 0.3 is 0 Å². The molecule has 3 heteroatoms. The predicted molar refractivity (Wildman–Crippen MR) is 107 cm³/mol. The summed E-state index contributed by atoms with van der Waals surface area (Å²) in [4.78, 5) is 9.07. The van der Waals surface area contributed by atoms with Crippen LogP contribution >= 0.6 is 0 Å². The van der Waals surface area contributed by atoms with Crippen molar-refractivity contribution in [1.29, 1.82) is 0 Å². The van der Waals surface area contributed by atoms with E-state index < -0.39 is 0 Å². The largest absolute Gasteiger partial charge is 0.339 e. The molecule has 0 fully saturated rings. The van der Waals surface area contributed by atoms with E-state index >= 15 is 0 Å². The number of hydrogen-bond donors (Lipinski definition) is 1. The number of aromatic nitrogens is 2. The standard InChI is InChI=1S/C23H19N3/c1-17-21(18-9-4-2-5-10-18)15-22(19-11-6-3-7-12-19)26-23(17)25-20-13-8-14-24-16-20/h2-16H,1H3,(H,25,26). The van der Waals surface area contributed by atoms with Gasteiger partial charge in [0.25, 0.3) is 0 Å². The van der Waals surface area contributed by atoms with Gasteiger partial charge in [0, 0.05) is 11.8 Å². The number of pyridine rings is 2. The van der Waals surface area contributed by atoms with Crippen molar-refractivity contribution in [3.05, 3.63) is 96.8 Å². The lowest BCUT2D eigenvalue weighted by molar-refractivity contribution is 1.24. The van der Waals surface area contributed by atoms with Crippen LogP contribution in [0.1, 0.15) is 5.56 Å². The predicted octanol–water partition coefficient (Wildman–Crippen LogP) is 5.86. The average molecular weight is 337 g/mol. The lowest BCUT2D eigenvalue weighted by atomic mass is 9.98. The normalized spacial score (nSPS) is 10.5. The number of nitrogens with zero attached hydrogens (tertiary/aromatic N) is 2. The first kappa shape index (κ1) is 16.0. The highest BCUT2D eigenvalue weighted by molar-refractivity contribution is 5.79. The Kier molecular flexibility index (Phi) is 4.44. The SMILES string of the molecule is Cc1c(-c2ccccc2)cc(-c2ccccc2)nc1Nc1cccnc1. The molecule has 2 aromatic heterocycles. The first-order chi connectivity index (χ1) is 12.8. The Labute approximate surface area is 153 Å². The summed E-state index contributed by atoms with van der Waals surface area (Å²) in [7, 11) is 0. The van der Waals surface area contributed by atoms with Gasteiger partial charge in [-0.15, -0.1) is 0 Å². The summed E-state index contributed by atoms with van der Waals surface area (Å²) in [6.07, 6.45) is 3.57. The number of hydrogen-bond acceptors (Lipinski definition) is 3. The minimum absolute atomic E-state index is 0.846. The Morgan fingerprint density at radius 3 is 2.12 bits per heavy atom. The van der Waals surface area contributed by atoms with E-state index in [-0.39, 0.29) is 0 Å². The summed E-state index contributed by atoms with van der Waals surface area (Å²) in [5, 5.41) is 3.42. The summed E-state index contributed by atoms with van der Waals surface area (Å²) in [6, 6.07) is 26.7. The zero-order valence-electron chi connectivity index (χ0n) is 14.6. The smallest absolute Gasteiger partial charge is 0.134 e. The third-order valence-electron chi connectivity index (χ3n) is 4.35. The maximum absolute atomic E-state index is 4.89. The lowest BCUT2D eigenvalue weighted by Gasteiger charge is -2.15.